The standard InChI is InChI=1S/C11H22N2O2S/c1-4-7-13(8-10(12)16)9(5-2)11(14)15-6-3/h9H,4-8H2,1-3H3,(H2,12,16). The Kier molecular flexibility index (Phi) is 8.11. The van der Waals surface area contributed by atoms with Gasteiger partial charge in [-0.3, -0.25) is 9.69 Å². The third-order valence-electron chi connectivity index (χ3n) is 2.26. The zero-order valence-electron chi connectivity index (χ0n) is 10.4. The van der Waals surface area contributed by atoms with Crippen molar-refractivity contribution in [1.29, 1.82) is 0 Å². The Balaban J connectivity index is 4.55. The smallest absolute Gasteiger partial charge is 0.323 e. The third-order valence-corrected chi connectivity index (χ3v) is 2.38. The van der Waals surface area contributed by atoms with E-state index >= 15 is 0 Å². The van der Waals surface area contributed by atoms with Crippen LogP contribution in [0.2, 0.25) is 0 Å². The minimum atomic E-state index is -0.235. The first-order valence-electron chi connectivity index (χ1n) is 5.75. The highest BCUT2D eigenvalue weighted by Gasteiger charge is 2.25. The fourth-order valence-electron chi connectivity index (χ4n) is 1.64. The molecule has 0 aliphatic rings. The minimum absolute atomic E-state index is 0.185. The highest BCUT2D eigenvalue weighted by molar-refractivity contribution is 7.80. The van der Waals surface area contributed by atoms with E-state index < -0.39 is 0 Å². The molecule has 1 atom stereocenters. The highest BCUT2D eigenvalue weighted by Crippen LogP contribution is 2.07. The molecule has 5 heteroatoms. The van der Waals surface area contributed by atoms with Crippen LogP contribution in [0.4, 0.5) is 0 Å². The molecule has 0 saturated carbocycles. The number of nitrogens with zero attached hydrogens (tertiary/aromatic N) is 1. The average molecular weight is 246 g/mol. The van der Waals surface area contributed by atoms with E-state index in [1.807, 2.05) is 18.7 Å². The van der Waals surface area contributed by atoms with Crippen molar-refractivity contribution in [2.75, 3.05) is 19.7 Å². The molecule has 0 heterocycles. The zero-order valence-corrected chi connectivity index (χ0v) is 11.2. The molecule has 0 bridgehead atoms. The lowest BCUT2D eigenvalue weighted by molar-refractivity contribution is -0.149. The molecule has 0 aliphatic heterocycles. The van der Waals surface area contributed by atoms with Gasteiger partial charge in [-0.15, -0.1) is 0 Å². The maximum atomic E-state index is 11.7. The third kappa shape index (κ3) is 5.42. The summed E-state index contributed by atoms with van der Waals surface area (Å²) in [6.07, 6.45) is 1.67. The van der Waals surface area contributed by atoms with Gasteiger partial charge in [0, 0.05) is 6.54 Å². The van der Waals surface area contributed by atoms with Gasteiger partial charge in [0.15, 0.2) is 0 Å². The average Bonchev–Trinajstić information content (AvgIpc) is 2.18. The Morgan fingerprint density at radius 1 is 1.44 bits per heavy atom. The quantitative estimate of drug-likeness (QED) is 0.517. The Morgan fingerprint density at radius 2 is 2.06 bits per heavy atom. The van der Waals surface area contributed by atoms with Gasteiger partial charge in [0.2, 0.25) is 0 Å². The zero-order chi connectivity index (χ0) is 12.6. The monoisotopic (exact) mass is 246 g/mol. The first-order valence-corrected chi connectivity index (χ1v) is 6.16. The lowest BCUT2D eigenvalue weighted by Crippen LogP contribution is -2.45. The molecule has 0 amide bonds. The molecular formula is C11H22N2O2S. The maximum Gasteiger partial charge on any atom is 0.323 e. The fourth-order valence-corrected chi connectivity index (χ4v) is 1.81. The number of carbonyl (C=O) groups excluding carboxylic acids is 1. The first-order chi connectivity index (χ1) is 7.56. The lowest BCUT2D eigenvalue weighted by Gasteiger charge is -2.28. The van der Waals surface area contributed by atoms with Crippen LogP contribution in [0.25, 0.3) is 0 Å². The number of rotatable bonds is 8. The summed E-state index contributed by atoms with van der Waals surface area (Å²) in [6.45, 7) is 7.51. The molecule has 94 valence electrons. The molecule has 1 unspecified atom stereocenters. The van der Waals surface area contributed by atoms with Crippen molar-refractivity contribution in [2.45, 2.75) is 39.7 Å². The van der Waals surface area contributed by atoms with E-state index in [-0.39, 0.29) is 12.0 Å². The minimum Gasteiger partial charge on any atom is -0.465 e. The van der Waals surface area contributed by atoms with Crippen LogP contribution in [0.5, 0.6) is 0 Å². The Bertz CT molecular complexity index is 234. The van der Waals surface area contributed by atoms with Crippen molar-refractivity contribution in [3.05, 3.63) is 0 Å². The van der Waals surface area contributed by atoms with Crippen molar-refractivity contribution in [3.63, 3.8) is 0 Å². The maximum absolute atomic E-state index is 11.7. The first kappa shape index (κ1) is 15.3. The van der Waals surface area contributed by atoms with Crippen molar-refractivity contribution in [1.82, 2.24) is 4.90 Å². The van der Waals surface area contributed by atoms with Crippen LogP contribution in [0.1, 0.15) is 33.6 Å². The van der Waals surface area contributed by atoms with E-state index in [0.717, 1.165) is 13.0 Å². The molecule has 0 spiro atoms. The molecular weight excluding hydrogens is 224 g/mol. The second-order valence-corrected chi connectivity index (χ2v) is 4.14. The van der Waals surface area contributed by atoms with Gasteiger partial charge in [-0.1, -0.05) is 26.1 Å². The van der Waals surface area contributed by atoms with Gasteiger partial charge in [0.25, 0.3) is 0 Å². The van der Waals surface area contributed by atoms with Crippen molar-refractivity contribution in [3.8, 4) is 0 Å². The van der Waals surface area contributed by atoms with Crippen LogP contribution in [-0.2, 0) is 9.53 Å². The summed E-state index contributed by atoms with van der Waals surface area (Å²) in [4.78, 5) is 14.1. The van der Waals surface area contributed by atoms with E-state index in [0.29, 0.717) is 24.6 Å². The molecule has 0 rings (SSSR count). The van der Waals surface area contributed by atoms with Crippen LogP contribution in [0, 0.1) is 0 Å². The molecule has 0 fully saturated rings. The predicted molar refractivity (Wildman–Crippen MR) is 69.4 cm³/mol. The van der Waals surface area contributed by atoms with Crippen LogP contribution in [-0.4, -0.2) is 41.6 Å². The Morgan fingerprint density at radius 3 is 2.44 bits per heavy atom. The van der Waals surface area contributed by atoms with Gasteiger partial charge < -0.3 is 10.5 Å². The van der Waals surface area contributed by atoms with Crippen LogP contribution < -0.4 is 5.73 Å². The molecule has 0 aromatic rings. The number of carbonyl (C=O) groups is 1. The molecule has 4 nitrogen and oxygen atoms in total. The second kappa shape index (κ2) is 8.47. The van der Waals surface area contributed by atoms with Crippen LogP contribution >= 0.6 is 12.2 Å². The summed E-state index contributed by atoms with van der Waals surface area (Å²) in [7, 11) is 0. The van der Waals surface area contributed by atoms with Crippen LogP contribution in [0.3, 0.4) is 0 Å². The van der Waals surface area contributed by atoms with Crippen molar-refractivity contribution < 1.29 is 9.53 Å². The summed E-state index contributed by atoms with van der Waals surface area (Å²) in [6, 6.07) is -0.235. The molecule has 16 heavy (non-hydrogen) atoms. The van der Waals surface area contributed by atoms with Gasteiger partial charge in [-0.2, -0.15) is 0 Å². The van der Waals surface area contributed by atoms with Gasteiger partial charge >= 0.3 is 5.97 Å². The molecule has 0 aromatic heterocycles. The largest absolute Gasteiger partial charge is 0.465 e. The molecule has 2 N–H and O–H groups in total. The number of ether oxygens (including phenoxy) is 1. The van der Waals surface area contributed by atoms with E-state index in [9.17, 15) is 4.79 Å². The van der Waals surface area contributed by atoms with Gasteiger partial charge in [0.05, 0.1) is 11.6 Å². The SMILES string of the molecule is CCCN(CC(N)=S)C(CC)C(=O)OCC. The number of thiocarbonyl (C=S) groups is 1. The van der Waals surface area contributed by atoms with Crippen LogP contribution in [0.15, 0.2) is 0 Å². The predicted octanol–water partition coefficient (Wildman–Crippen LogP) is 1.33. The Labute approximate surface area is 103 Å². The summed E-state index contributed by atoms with van der Waals surface area (Å²) in [5.41, 5.74) is 5.53. The second-order valence-electron chi connectivity index (χ2n) is 3.61. The van der Waals surface area contributed by atoms with Gasteiger partial charge in [-0.25, -0.2) is 0 Å². The molecule has 0 aliphatic carbocycles. The summed E-state index contributed by atoms with van der Waals surface area (Å²) >= 11 is 4.89. The number of hydrogen-bond acceptors (Lipinski definition) is 4. The summed E-state index contributed by atoms with van der Waals surface area (Å²) < 4.78 is 5.04. The van der Waals surface area contributed by atoms with E-state index in [1.165, 1.54) is 0 Å². The number of esters is 1. The fraction of sp³-hybridized carbons (Fsp3) is 0.818. The van der Waals surface area contributed by atoms with E-state index in [2.05, 4.69) is 6.92 Å². The lowest BCUT2D eigenvalue weighted by atomic mass is 10.2. The van der Waals surface area contributed by atoms with E-state index in [4.69, 9.17) is 22.7 Å². The van der Waals surface area contributed by atoms with Gasteiger partial charge in [0.1, 0.15) is 6.04 Å². The summed E-state index contributed by atoms with van der Waals surface area (Å²) in [5, 5.41) is 0. The normalized spacial score (nSPS) is 12.5. The highest BCUT2D eigenvalue weighted by atomic mass is 32.1. The van der Waals surface area contributed by atoms with E-state index in [1.54, 1.807) is 0 Å². The summed E-state index contributed by atoms with van der Waals surface area (Å²) in [5.74, 6) is -0.185. The molecule has 0 aromatic carbocycles. The van der Waals surface area contributed by atoms with Crippen molar-refractivity contribution >= 4 is 23.2 Å². The number of nitrogens with two attached hydrogens (primary N) is 1. The number of hydrogen-bond donors (Lipinski definition) is 1. The Hall–Kier alpha value is -0.680. The topological polar surface area (TPSA) is 55.6 Å². The van der Waals surface area contributed by atoms with Gasteiger partial charge in [-0.05, 0) is 26.3 Å². The molecule has 0 saturated heterocycles. The molecule has 0 radical (unpaired) electrons. The van der Waals surface area contributed by atoms with Crippen molar-refractivity contribution in [2.24, 2.45) is 5.73 Å².